The Labute approximate surface area is 144 Å². The summed E-state index contributed by atoms with van der Waals surface area (Å²) in [7, 11) is 0. The zero-order valence-corrected chi connectivity index (χ0v) is 13.7. The lowest BCUT2D eigenvalue weighted by atomic mass is 9.90. The Hall–Kier alpha value is -2.37. The number of aromatic nitrogens is 1. The van der Waals surface area contributed by atoms with Gasteiger partial charge in [-0.15, -0.1) is 0 Å². The van der Waals surface area contributed by atoms with Gasteiger partial charge in [-0.2, -0.15) is 13.2 Å². The minimum atomic E-state index is -4.35. The number of piperidine rings is 1. The Balaban J connectivity index is 1.54. The van der Waals surface area contributed by atoms with Gasteiger partial charge in [0.15, 0.2) is 0 Å². The summed E-state index contributed by atoms with van der Waals surface area (Å²) in [4.78, 5) is 18.2. The maximum atomic E-state index is 12.6. The van der Waals surface area contributed by atoms with Crippen molar-refractivity contribution in [2.45, 2.75) is 31.4 Å². The number of likely N-dealkylation sites (tertiary alicyclic amines) is 1. The summed E-state index contributed by atoms with van der Waals surface area (Å²) in [6.45, 7) is 1.35. The molecule has 0 bridgehead atoms. The molecule has 132 valence electrons. The second kappa shape index (κ2) is 7.25. The third-order valence-electron chi connectivity index (χ3n) is 4.66. The smallest absolute Gasteiger partial charge is 0.342 e. The van der Waals surface area contributed by atoms with Crippen molar-refractivity contribution < 1.29 is 18.0 Å². The van der Waals surface area contributed by atoms with E-state index in [9.17, 15) is 18.0 Å². The summed E-state index contributed by atoms with van der Waals surface area (Å²) in [6.07, 6.45) is 1.12. The van der Waals surface area contributed by atoms with Crippen molar-refractivity contribution in [2.24, 2.45) is 0 Å². The summed E-state index contributed by atoms with van der Waals surface area (Å²) in [5.41, 5.74) is 1.15. The standard InChI is InChI=1S/C19H19F3N2O/c20-19(21,22)17-3-1-14(2-4-17)13-18(25)24-11-7-16(8-12-24)15-5-9-23-10-6-15/h1-6,9-10,16H,7-8,11-13H2. The van der Waals surface area contributed by atoms with E-state index in [1.807, 2.05) is 12.1 Å². The van der Waals surface area contributed by atoms with Crippen molar-refractivity contribution >= 4 is 5.91 Å². The average molecular weight is 348 g/mol. The molecule has 3 nitrogen and oxygen atoms in total. The van der Waals surface area contributed by atoms with Crippen LogP contribution < -0.4 is 0 Å². The maximum Gasteiger partial charge on any atom is 0.416 e. The highest BCUT2D eigenvalue weighted by Crippen LogP contribution is 2.30. The van der Waals surface area contributed by atoms with Crippen LogP contribution in [0.1, 0.15) is 35.4 Å². The van der Waals surface area contributed by atoms with Gasteiger partial charge in [-0.25, -0.2) is 0 Å². The molecule has 6 heteroatoms. The normalized spacial score (nSPS) is 16.0. The van der Waals surface area contributed by atoms with Gasteiger partial charge in [-0.05, 0) is 54.2 Å². The van der Waals surface area contributed by atoms with Crippen molar-refractivity contribution in [2.75, 3.05) is 13.1 Å². The summed E-state index contributed by atoms with van der Waals surface area (Å²) in [6, 6.07) is 8.82. The number of halogens is 3. The first-order valence-corrected chi connectivity index (χ1v) is 8.27. The molecule has 3 rings (SSSR count). The SMILES string of the molecule is O=C(Cc1ccc(C(F)(F)F)cc1)N1CCC(c2ccncc2)CC1. The number of hydrogen-bond acceptors (Lipinski definition) is 2. The number of benzene rings is 1. The first-order valence-electron chi connectivity index (χ1n) is 8.27. The van der Waals surface area contributed by atoms with Crippen molar-refractivity contribution in [3.05, 3.63) is 65.5 Å². The van der Waals surface area contributed by atoms with Crippen LogP contribution in [0.15, 0.2) is 48.8 Å². The fraction of sp³-hybridized carbons (Fsp3) is 0.368. The van der Waals surface area contributed by atoms with Gasteiger partial charge in [0, 0.05) is 25.5 Å². The molecular weight excluding hydrogens is 329 g/mol. The maximum absolute atomic E-state index is 12.6. The van der Waals surface area contributed by atoms with E-state index in [-0.39, 0.29) is 12.3 Å². The number of hydrogen-bond donors (Lipinski definition) is 0. The fourth-order valence-corrected chi connectivity index (χ4v) is 3.20. The molecule has 1 aromatic heterocycles. The van der Waals surface area contributed by atoms with Crippen LogP contribution in [0.4, 0.5) is 13.2 Å². The number of alkyl halides is 3. The first kappa shape index (κ1) is 17.5. The van der Waals surface area contributed by atoms with Crippen molar-refractivity contribution in [1.82, 2.24) is 9.88 Å². The van der Waals surface area contributed by atoms with Crippen LogP contribution in [-0.2, 0) is 17.4 Å². The molecule has 0 spiro atoms. The number of rotatable bonds is 3. The van der Waals surface area contributed by atoms with E-state index in [4.69, 9.17) is 0 Å². The van der Waals surface area contributed by atoms with E-state index in [0.29, 0.717) is 24.6 Å². The van der Waals surface area contributed by atoms with Gasteiger partial charge < -0.3 is 4.90 Å². The molecule has 1 aliphatic rings. The number of pyridine rings is 1. The number of carbonyl (C=O) groups excluding carboxylic acids is 1. The van der Waals surface area contributed by atoms with Crippen molar-refractivity contribution in [3.63, 3.8) is 0 Å². The second-order valence-electron chi connectivity index (χ2n) is 6.31. The molecule has 0 radical (unpaired) electrons. The van der Waals surface area contributed by atoms with Crippen molar-refractivity contribution in [3.8, 4) is 0 Å². The third-order valence-corrected chi connectivity index (χ3v) is 4.66. The molecule has 1 amide bonds. The van der Waals surface area contributed by atoms with Gasteiger partial charge in [0.1, 0.15) is 0 Å². The van der Waals surface area contributed by atoms with Crippen LogP contribution in [0.2, 0.25) is 0 Å². The first-order chi connectivity index (χ1) is 11.9. The highest BCUT2D eigenvalue weighted by Gasteiger charge is 2.30. The molecule has 1 aliphatic heterocycles. The van der Waals surface area contributed by atoms with Gasteiger partial charge in [-0.1, -0.05) is 12.1 Å². The number of nitrogens with zero attached hydrogens (tertiary/aromatic N) is 2. The second-order valence-corrected chi connectivity index (χ2v) is 6.31. The molecular formula is C19H19F3N2O. The minimum Gasteiger partial charge on any atom is -0.342 e. The average Bonchev–Trinajstić information content (AvgIpc) is 2.62. The Bertz CT molecular complexity index is 706. The topological polar surface area (TPSA) is 33.2 Å². The van der Waals surface area contributed by atoms with E-state index in [2.05, 4.69) is 4.98 Å². The van der Waals surface area contributed by atoms with Crippen LogP contribution in [0.3, 0.4) is 0 Å². The molecule has 0 unspecified atom stereocenters. The lowest BCUT2D eigenvalue weighted by Gasteiger charge is -2.32. The molecule has 0 aliphatic carbocycles. The third kappa shape index (κ3) is 4.38. The molecule has 2 heterocycles. The van der Waals surface area contributed by atoms with E-state index in [1.165, 1.54) is 17.7 Å². The predicted molar refractivity (Wildman–Crippen MR) is 87.9 cm³/mol. The largest absolute Gasteiger partial charge is 0.416 e. The summed E-state index contributed by atoms with van der Waals surface area (Å²) >= 11 is 0. The van der Waals surface area contributed by atoms with Crippen LogP contribution in [0.5, 0.6) is 0 Å². The van der Waals surface area contributed by atoms with Crippen LogP contribution in [0, 0.1) is 0 Å². The van der Waals surface area contributed by atoms with Crippen molar-refractivity contribution in [1.29, 1.82) is 0 Å². The van der Waals surface area contributed by atoms with Crippen LogP contribution >= 0.6 is 0 Å². The zero-order valence-electron chi connectivity index (χ0n) is 13.7. The van der Waals surface area contributed by atoms with E-state index in [0.717, 1.165) is 25.0 Å². The fourth-order valence-electron chi connectivity index (χ4n) is 3.20. The van der Waals surface area contributed by atoms with Gasteiger partial charge >= 0.3 is 6.18 Å². The molecule has 0 atom stereocenters. The molecule has 0 N–H and O–H groups in total. The van der Waals surface area contributed by atoms with E-state index in [1.54, 1.807) is 17.3 Å². The van der Waals surface area contributed by atoms with Gasteiger partial charge in [0.2, 0.25) is 5.91 Å². The quantitative estimate of drug-likeness (QED) is 0.838. The highest BCUT2D eigenvalue weighted by molar-refractivity contribution is 5.78. The monoisotopic (exact) mass is 348 g/mol. The Morgan fingerprint density at radius 3 is 2.20 bits per heavy atom. The molecule has 1 aromatic carbocycles. The Morgan fingerprint density at radius 2 is 1.64 bits per heavy atom. The van der Waals surface area contributed by atoms with Gasteiger partial charge in [0.25, 0.3) is 0 Å². The number of amides is 1. The zero-order chi connectivity index (χ0) is 17.9. The predicted octanol–water partition coefficient (Wildman–Crippen LogP) is 4.05. The van der Waals surface area contributed by atoms with E-state index >= 15 is 0 Å². The highest BCUT2D eigenvalue weighted by atomic mass is 19.4. The number of carbonyl (C=O) groups is 1. The molecule has 1 fully saturated rings. The molecule has 1 saturated heterocycles. The Morgan fingerprint density at radius 1 is 1.04 bits per heavy atom. The van der Waals surface area contributed by atoms with Crippen LogP contribution in [0.25, 0.3) is 0 Å². The molecule has 2 aromatic rings. The summed E-state index contributed by atoms with van der Waals surface area (Å²) < 4.78 is 37.7. The molecule has 0 saturated carbocycles. The lowest BCUT2D eigenvalue weighted by molar-refractivity contribution is -0.137. The molecule has 25 heavy (non-hydrogen) atoms. The van der Waals surface area contributed by atoms with Gasteiger partial charge in [-0.3, -0.25) is 9.78 Å². The van der Waals surface area contributed by atoms with Gasteiger partial charge in [0.05, 0.1) is 12.0 Å². The van der Waals surface area contributed by atoms with E-state index < -0.39 is 11.7 Å². The lowest BCUT2D eigenvalue weighted by Crippen LogP contribution is -2.38. The summed E-state index contributed by atoms with van der Waals surface area (Å²) in [5.74, 6) is 0.394. The van der Waals surface area contributed by atoms with Crippen LogP contribution in [-0.4, -0.2) is 28.9 Å². The Kier molecular flexibility index (Phi) is 5.06. The summed E-state index contributed by atoms with van der Waals surface area (Å²) in [5, 5.41) is 0. The minimum absolute atomic E-state index is 0.0343.